The van der Waals surface area contributed by atoms with E-state index in [-0.39, 0.29) is 0 Å². The second kappa shape index (κ2) is 8.37. The first-order valence-electron chi connectivity index (χ1n) is 10.1. The molecular formula is C27H18BN3. The van der Waals surface area contributed by atoms with Crippen LogP contribution in [0.25, 0.3) is 45.3 Å². The zero-order chi connectivity index (χ0) is 21.0. The van der Waals surface area contributed by atoms with Crippen LogP contribution in [0.2, 0.25) is 0 Å². The first-order chi connectivity index (χ1) is 15.3. The largest absolute Gasteiger partial charge is 0.208 e. The predicted octanol–water partition coefficient (Wildman–Crippen LogP) is 5.33. The molecule has 31 heavy (non-hydrogen) atoms. The summed E-state index contributed by atoms with van der Waals surface area (Å²) in [4.78, 5) is 14.3. The number of nitrogens with zero attached hydrogens (tertiary/aromatic N) is 3. The molecule has 0 atom stereocenters. The number of hydrogen-bond acceptors (Lipinski definition) is 3. The summed E-state index contributed by atoms with van der Waals surface area (Å²) in [5.41, 5.74) is 5.52. The van der Waals surface area contributed by atoms with Gasteiger partial charge in [-0.25, -0.2) is 15.0 Å². The molecular weight excluding hydrogens is 377 g/mol. The van der Waals surface area contributed by atoms with E-state index < -0.39 is 0 Å². The number of rotatable bonds is 4. The van der Waals surface area contributed by atoms with E-state index >= 15 is 0 Å². The molecule has 1 heterocycles. The highest BCUT2D eigenvalue weighted by molar-refractivity contribution is 6.33. The summed E-state index contributed by atoms with van der Waals surface area (Å²) in [6.07, 6.45) is 0. The number of hydrogen-bond donors (Lipinski definition) is 0. The lowest BCUT2D eigenvalue weighted by Gasteiger charge is -2.11. The highest BCUT2D eigenvalue weighted by atomic mass is 15.0. The average molecular weight is 395 g/mol. The SMILES string of the molecule is [B]c1cc(-c2ccccc2)cc(-c2nc(-c3ccccc3)nc(-c3ccccc3)n2)c1. The van der Waals surface area contributed by atoms with Crippen molar-refractivity contribution < 1.29 is 0 Å². The van der Waals surface area contributed by atoms with E-state index in [2.05, 4.69) is 18.2 Å². The topological polar surface area (TPSA) is 38.7 Å². The van der Waals surface area contributed by atoms with Gasteiger partial charge in [-0.3, -0.25) is 0 Å². The summed E-state index contributed by atoms with van der Waals surface area (Å²) in [5.74, 6) is 1.86. The summed E-state index contributed by atoms with van der Waals surface area (Å²) < 4.78 is 0. The van der Waals surface area contributed by atoms with Crippen LogP contribution in [0, 0.1) is 0 Å². The molecule has 4 aromatic carbocycles. The fourth-order valence-corrected chi connectivity index (χ4v) is 3.52. The van der Waals surface area contributed by atoms with Gasteiger partial charge in [0.25, 0.3) is 0 Å². The van der Waals surface area contributed by atoms with Gasteiger partial charge in [0.05, 0.1) is 0 Å². The fourth-order valence-electron chi connectivity index (χ4n) is 3.52. The van der Waals surface area contributed by atoms with Gasteiger partial charge in [0.2, 0.25) is 0 Å². The Bertz CT molecular complexity index is 1260. The van der Waals surface area contributed by atoms with Crippen molar-refractivity contribution in [2.24, 2.45) is 0 Å². The van der Waals surface area contributed by atoms with Crippen LogP contribution in [-0.4, -0.2) is 22.8 Å². The lowest BCUT2D eigenvalue weighted by molar-refractivity contribution is 1.07. The van der Waals surface area contributed by atoms with Gasteiger partial charge >= 0.3 is 0 Å². The monoisotopic (exact) mass is 395 g/mol. The zero-order valence-corrected chi connectivity index (χ0v) is 16.8. The minimum atomic E-state index is 0.595. The molecule has 144 valence electrons. The maximum Gasteiger partial charge on any atom is 0.164 e. The molecule has 0 amide bonds. The normalized spacial score (nSPS) is 10.7. The van der Waals surface area contributed by atoms with Crippen molar-refractivity contribution in [2.75, 3.05) is 0 Å². The van der Waals surface area contributed by atoms with Crippen molar-refractivity contribution in [1.82, 2.24) is 15.0 Å². The van der Waals surface area contributed by atoms with Gasteiger partial charge in [-0.1, -0.05) is 109 Å². The second-order valence-corrected chi connectivity index (χ2v) is 7.25. The molecule has 0 unspecified atom stereocenters. The first kappa shape index (κ1) is 19.0. The van der Waals surface area contributed by atoms with E-state index in [4.69, 9.17) is 22.8 Å². The third-order valence-corrected chi connectivity index (χ3v) is 5.02. The minimum Gasteiger partial charge on any atom is -0.208 e. The second-order valence-electron chi connectivity index (χ2n) is 7.25. The summed E-state index contributed by atoms with van der Waals surface area (Å²) in [5, 5.41) is 0. The van der Waals surface area contributed by atoms with Gasteiger partial charge in [0.15, 0.2) is 17.5 Å². The van der Waals surface area contributed by atoms with Crippen molar-refractivity contribution in [1.29, 1.82) is 0 Å². The van der Waals surface area contributed by atoms with Crippen LogP contribution in [0.4, 0.5) is 0 Å². The molecule has 2 radical (unpaired) electrons. The highest BCUT2D eigenvalue weighted by Gasteiger charge is 2.13. The molecule has 0 N–H and O–H groups in total. The van der Waals surface area contributed by atoms with Crippen molar-refractivity contribution in [3.05, 3.63) is 109 Å². The van der Waals surface area contributed by atoms with Crippen molar-refractivity contribution in [3.63, 3.8) is 0 Å². The van der Waals surface area contributed by atoms with Gasteiger partial charge in [-0.2, -0.15) is 0 Å². The Hall–Kier alpha value is -4.05. The highest BCUT2D eigenvalue weighted by Crippen LogP contribution is 2.27. The van der Waals surface area contributed by atoms with Crippen LogP contribution in [0.1, 0.15) is 0 Å². The molecule has 0 saturated heterocycles. The number of aromatic nitrogens is 3. The van der Waals surface area contributed by atoms with Gasteiger partial charge in [-0.15, -0.1) is 0 Å². The van der Waals surface area contributed by atoms with Crippen LogP contribution < -0.4 is 5.46 Å². The molecule has 0 aliphatic rings. The van der Waals surface area contributed by atoms with Gasteiger partial charge < -0.3 is 0 Å². The maximum atomic E-state index is 6.26. The van der Waals surface area contributed by atoms with Gasteiger partial charge in [0, 0.05) is 16.7 Å². The van der Waals surface area contributed by atoms with Crippen molar-refractivity contribution in [3.8, 4) is 45.3 Å². The third-order valence-electron chi connectivity index (χ3n) is 5.02. The maximum absolute atomic E-state index is 6.26. The molecule has 0 spiro atoms. The van der Waals surface area contributed by atoms with E-state index in [1.165, 1.54) is 0 Å². The molecule has 1 aromatic heterocycles. The third kappa shape index (κ3) is 4.14. The Morgan fingerprint density at radius 3 is 1.26 bits per heavy atom. The lowest BCUT2D eigenvalue weighted by Crippen LogP contribution is -2.05. The summed E-state index contributed by atoms with van der Waals surface area (Å²) >= 11 is 0. The molecule has 5 rings (SSSR count). The summed E-state index contributed by atoms with van der Waals surface area (Å²) in [7, 11) is 6.26. The number of benzene rings is 4. The van der Waals surface area contributed by atoms with E-state index in [9.17, 15) is 0 Å². The Morgan fingerprint density at radius 2 is 0.774 bits per heavy atom. The minimum absolute atomic E-state index is 0.595. The average Bonchev–Trinajstić information content (AvgIpc) is 2.85. The van der Waals surface area contributed by atoms with E-state index in [1.807, 2.05) is 91.0 Å². The van der Waals surface area contributed by atoms with Crippen LogP contribution in [0.15, 0.2) is 109 Å². The van der Waals surface area contributed by atoms with E-state index in [1.54, 1.807) is 0 Å². The smallest absolute Gasteiger partial charge is 0.164 e. The molecule has 3 nitrogen and oxygen atoms in total. The Labute approximate surface area is 182 Å². The zero-order valence-electron chi connectivity index (χ0n) is 16.8. The molecule has 0 aliphatic heterocycles. The molecule has 0 bridgehead atoms. The van der Waals surface area contributed by atoms with Crippen LogP contribution in [0.5, 0.6) is 0 Å². The van der Waals surface area contributed by atoms with Crippen LogP contribution in [-0.2, 0) is 0 Å². The first-order valence-corrected chi connectivity index (χ1v) is 10.1. The van der Waals surface area contributed by atoms with Crippen molar-refractivity contribution >= 4 is 13.3 Å². The van der Waals surface area contributed by atoms with Crippen molar-refractivity contribution in [2.45, 2.75) is 0 Å². The lowest BCUT2D eigenvalue weighted by atomic mass is 9.90. The Balaban J connectivity index is 1.70. The van der Waals surface area contributed by atoms with Gasteiger partial charge in [-0.05, 0) is 17.2 Å². The molecule has 0 aliphatic carbocycles. The molecule has 5 aromatic rings. The van der Waals surface area contributed by atoms with Crippen LogP contribution in [0.3, 0.4) is 0 Å². The molecule has 0 saturated carbocycles. The van der Waals surface area contributed by atoms with Crippen LogP contribution >= 0.6 is 0 Å². The van der Waals surface area contributed by atoms with E-state index in [0.717, 1.165) is 27.8 Å². The molecule has 4 heteroatoms. The van der Waals surface area contributed by atoms with E-state index in [0.29, 0.717) is 22.9 Å². The quantitative estimate of drug-likeness (QED) is 0.386. The Kier molecular flexibility index (Phi) is 5.11. The van der Waals surface area contributed by atoms with Gasteiger partial charge in [0.1, 0.15) is 7.85 Å². The predicted molar refractivity (Wildman–Crippen MR) is 127 cm³/mol. The summed E-state index contributed by atoms with van der Waals surface area (Å²) in [6, 6.07) is 36.0. The standard InChI is InChI=1S/C27H18BN3/c28-24-17-22(19-10-4-1-5-11-19)16-23(18-24)27-30-25(20-12-6-2-7-13-20)29-26(31-27)21-14-8-3-9-15-21/h1-18H. The Morgan fingerprint density at radius 1 is 0.387 bits per heavy atom. The molecule has 0 fully saturated rings. The fraction of sp³-hybridized carbons (Fsp3) is 0. The summed E-state index contributed by atoms with van der Waals surface area (Å²) in [6.45, 7) is 0.